The molecule has 25 heavy (non-hydrogen) atoms. The highest BCUT2D eigenvalue weighted by Crippen LogP contribution is 2.27. The van der Waals surface area contributed by atoms with Crippen LogP contribution in [0.2, 0.25) is 0 Å². The van der Waals surface area contributed by atoms with Crippen LogP contribution < -0.4 is 5.32 Å². The molecule has 2 aliphatic heterocycles. The predicted molar refractivity (Wildman–Crippen MR) is 95.5 cm³/mol. The van der Waals surface area contributed by atoms with Crippen molar-refractivity contribution in [3.05, 3.63) is 35.9 Å². The Hall–Kier alpha value is -2.24. The van der Waals surface area contributed by atoms with Gasteiger partial charge >= 0.3 is 12.1 Å². The van der Waals surface area contributed by atoms with Gasteiger partial charge in [0, 0.05) is 32.2 Å². The summed E-state index contributed by atoms with van der Waals surface area (Å²) in [6, 6.07) is 10.5. The van der Waals surface area contributed by atoms with Gasteiger partial charge in [0.25, 0.3) is 0 Å². The minimum Gasteiger partial charge on any atom is -0.453 e. The molecule has 1 unspecified atom stereocenters. The number of amides is 3. The molecule has 1 N–H and O–H groups in total. The molecule has 1 atom stereocenters. The van der Waals surface area contributed by atoms with Crippen molar-refractivity contribution in [2.45, 2.75) is 37.6 Å². The van der Waals surface area contributed by atoms with Crippen molar-refractivity contribution in [3.8, 4) is 0 Å². The zero-order valence-corrected chi connectivity index (χ0v) is 14.8. The number of rotatable bonds is 2. The molecule has 1 aromatic rings. The molecule has 2 fully saturated rings. The van der Waals surface area contributed by atoms with Crippen molar-refractivity contribution in [2.75, 3.05) is 33.3 Å². The van der Waals surface area contributed by atoms with Gasteiger partial charge in [-0.2, -0.15) is 0 Å². The van der Waals surface area contributed by atoms with E-state index in [0.717, 1.165) is 38.8 Å². The molecule has 6 nitrogen and oxygen atoms in total. The van der Waals surface area contributed by atoms with Crippen LogP contribution in [0.1, 0.15) is 37.2 Å². The Kier molecular flexibility index (Phi) is 5.79. The summed E-state index contributed by atoms with van der Waals surface area (Å²) in [4.78, 5) is 27.7. The molecule has 0 spiro atoms. The lowest BCUT2D eigenvalue weighted by Crippen LogP contribution is -2.53. The molecule has 6 heteroatoms. The van der Waals surface area contributed by atoms with Gasteiger partial charge in [-0.3, -0.25) is 0 Å². The molecule has 0 radical (unpaired) electrons. The molecular weight excluding hydrogens is 318 g/mol. The van der Waals surface area contributed by atoms with Crippen LogP contribution in [0.25, 0.3) is 0 Å². The predicted octanol–water partition coefficient (Wildman–Crippen LogP) is 2.81. The smallest absolute Gasteiger partial charge is 0.409 e. The third kappa shape index (κ3) is 4.44. The first kappa shape index (κ1) is 17.6. The minimum absolute atomic E-state index is 0.00666. The van der Waals surface area contributed by atoms with Gasteiger partial charge in [0.1, 0.15) is 0 Å². The molecule has 1 aromatic carbocycles. The molecule has 136 valence electrons. The fourth-order valence-corrected chi connectivity index (χ4v) is 3.80. The zero-order chi connectivity index (χ0) is 17.6. The quantitative estimate of drug-likeness (QED) is 0.896. The van der Waals surface area contributed by atoms with Crippen LogP contribution in [-0.2, 0) is 4.74 Å². The van der Waals surface area contributed by atoms with Crippen molar-refractivity contribution >= 4 is 12.1 Å². The van der Waals surface area contributed by atoms with Crippen molar-refractivity contribution in [1.29, 1.82) is 0 Å². The molecule has 0 aliphatic carbocycles. The van der Waals surface area contributed by atoms with E-state index in [9.17, 15) is 9.59 Å². The van der Waals surface area contributed by atoms with E-state index < -0.39 is 0 Å². The summed E-state index contributed by atoms with van der Waals surface area (Å²) in [6.07, 6.45) is 3.46. The van der Waals surface area contributed by atoms with Crippen LogP contribution in [0.3, 0.4) is 0 Å². The van der Waals surface area contributed by atoms with Crippen LogP contribution in [0.5, 0.6) is 0 Å². The summed E-state index contributed by atoms with van der Waals surface area (Å²) in [7, 11) is 1.39. The Morgan fingerprint density at radius 2 is 1.76 bits per heavy atom. The summed E-state index contributed by atoms with van der Waals surface area (Å²) in [5.41, 5.74) is 1.36. The van der Waals surface area contributed by atoms with Gasteiger partial charge in [0.2, 0.25) is 0 Å². The summed E-state index contributed by atoms with van der Waals surface area (Å²) in [6.45, 7) is 2.78. The topological polar surface area (TPSA) is 61.9 Å². The van der Waals surface area contributed by atoms with Gasteiger partial charge < -0.3 is 19.9 Å². The number of nitrogens with zero attached hydrogens (tertiary/aromatic N) is 2. The molecule has 0 bridgehead atoms. The fourth-order valence-electron chi connectivity index (χ4n) is 3.80. The van der Waals surface area contributed by atoms with E-state index in [1.165, 1.54) is 12.7 Å². The zero-order valence-electron chi connectivity index (χ0n) is 14.8. The first-order chi connectivity index (χ1) is 12.2. The summed E-state index contributed by atoms with van der Waals surface area (Å²) in [5, 5.41) is 3.09. The lowest BCUT2D eigenvalue weighted by molar-refractivity contribution is 0.106. The number of methoxy groups -OCH3 is 1. The molecule has 3 rings (SSSR count). The average Bonchev–Trinajstić information content (AvgIpc) is 2.68. The number of hydrogen-bond donors (Lipinski definition) is 1. The standard InChI is InChI=1S/C19H27N3O3/c1-25-19(24)22-11-5-8-17(14-22)20-18(23)21-12-9-16(10-13-21)15-6-3-2-4-7-15/h2-4,6-7,16-17H,5,8-14H2,1H3,(H,20,23). The Labute approximate surface area is 149 Å². The first-order valence-corrected chi connectivity index (χ1v) is 9.10. The molecular formula is C19H27N3O3. The van der Waals surface area contributed by atoms with E-state index in [-0.39, 0.29) is 18.2 Å². The fraction of sp³-hybridized carbons (Fsp3) is 0.579. The number of ether oxygens (including phenoxy) is 1. The summed E-state index contributed by atoms with van der Waals surface area (Å²) >= 11 is 0. The van der Waals surface area contributed by atoms with E-state index in [1.54, 1.807) is 4.90 Å². The molecule has 2 heterocycles. The van der Waals surface area contributed by atoms with Gasteiger partial charge in [0.05, 0.1) is 7.11 Å². The highest BCUT2D eigenvalue weighted by Gasteiger charge is 2.28. The van der Waals surface area contributed by atoms with E-state index in [4.69, 9.17) is 4.74 Å². The SMILES string of the molecule is COC(=O)N1CCCC(NC(=O)N2CCC(c3ccccc3)CC2)C1. The van der Waals surface area contributed by atoms with E-state index >= 15 is 0 Å². The maximum absolute atomic E-state index is 12.5. The number of nitrogens with one attached hydrogen (secondary N) is 1. The van der Waals surface area contributed by atoms with E-state index in [2.05, 4.69) is 29.6 Å². The second-order valence-corrected chi connectivity index (χ2v) is 6.88. The van der Waals surface area contributed by atoms with Crippen molar-refractivity contribution in [3.63, 3.8) is 0 Å². The van der Waals surface area contributed by atoms with E-state index in [1.807, 2.05) is 11.0 Å². The maximum Gasteiger partial charge on any atom is 0.409 e. The van der Waals surface area contributed by atoms with Gasteiger partial charge in [-0.05, 0) is 37.2 Å². The van der Waals surface area contributed by atoms with Gasteiger partial charge in [-0.1, -0.05) is 30.3 Å². The van der Waals surface area contributed by atoms with Crippen molar-refractivity contribution < 1.29 is 14.3 Å². The number of urea groups is 1. The van der Waals surface area contributed by atoms with Crippen LogP contribution in [0.4, 0.5) is 9.59 Å². The summed E-state index contributed by atoms with van der Waals surface area (Å²) in [5.74, 6) is 0.537. The normalized spacial score (nSPS) is 21.7. The van der Waals surface area contributed by atoms with Gasteiger partial charge in [-0.15, -0.1) is 0 Å². The van der Waals surface area contributed by atoms with Gasteiger partial charge in [0.15, 0.2) is 0 Å². The molecule has 0 saturated carbocycles. The second kappa shape index (κ2) is 8.23. The van der Waals surface area contributed by atoms with Crippen LogP contribution >= 0.6 is 0 Å². The Bertz CT molecular complexity index is 585. The van der Waals surface area contributed by atoms with E-state index in [0.29, 0.717) is 19.0 Å². The minimum atomic E-state index is -0.317. The Balaban J connectivity index is 1.47. The van der Waals surface area contributed by atoms with Crippen molar-refractivity contribution in [1.82, 2.24) is 15.1 Å². The van der Waals surface area contributed by atoms with Crippen molar-refractivity contribution in [2.24, 2.45) is 0 Å². The molecule has 2 saturated heterocycles. The number of carbonyl (C=O) groups is 2. The Morgan fingerprint density at radius 1 is 1.04 bits per heavy atom. The third-order valence-electron chi connectivity index (χ3n) is 5.23. The monoisotopic (exact) mass is 345 g/mol. The molecule has 3 amide bonds. The summed E-state index contributed by atoms with van der Waals surface area (Å²) < 4.78 is 4.78. The highest BCUT2D eigenvalue weighted by atomic mass is 16.5. The van der Waals surface area contributed by atoms with Crippen LogP contribution in [0, 0.1) is 0 Å². The third-order valence-corrected chi connectivity index (χ3v) is 5.23. The lowest BCUT2D eigenvalue weighted by Gasteiger charge is -2.36. The molecule has 0 aromatic heterocycles. The first-order valence-electron chi connectivity index (χ1n) is 9.10. The number of piperidine rings is 2. The largest absolute Gasteiger partial charge is 0.453 e. The maximum atomic E-state index is 12.5. The number of carbonyl (C=O) groups excluding carboxylic acids is 2. The average molecular weight is 345 g/mol. The van der Waals surface area contributed by atoms with Crippen LogP contribution in [-0.4, -0.2) is 61.3 Å². The highest BCUT2D eigenvalue weighted by molar-refractivity contribution is 5.75. The second-order valence-electron chi connectivity index (χ2n) is 6.88. The van der Waals surface area contributed by atoms with Crippen LogP contribution in [0.15, 0.2) is 30.3 Å². The lowest BCUT2D eigenvalue weighted by atomic mass is 9.89. The number of benzene rings is 1. The van der Waals surface area contributed by atoms with Gasteiger partial charge in [-0.25, -0.2) is 9.59 Å². The Morgan fingerprint density at radius 3 is 2.44 bits per heavy atom. The molecule has 2 aliphatic rings. The number of likely N-dealkylation sites (tertiary alicyclic amines) is 2. The number of hydrogen-bond acceptors (Lipinski definition) is 3.